The van der Waals surface area contributed by atoms with Gasteiger partial charge in [-0.3, -0.25) is 0 Å². The Bertz CT molecular complexity index is 566. The summed E-state index contributed by atoms with van der Waals surface area (Å²) >= 11 is 0. The molecular formula is C15H16FOP. The first-order valence-electron chi connectivity index (χ1n) is 5.78. The lowest BCUT2D eigenvalue weighted by Gasteiger charge is -2.13. The largest absolute Gasteiger partial charge is 0.496 e. The summed E-state index contributed by atoms with van der Waals surface area (Å²) in [7, 11) is 1.93. The van der Waals surface area contributed by atoms with E-state index in [-0.39, 0.29) is 14.4 Å². The maximum atomic E-state index is 13.7. The van der Waals surface area contributed by atoms with Crippen LogP contribution in [-0.4, -0.2) is 7.11 Å². The third kappa shape index (κ3) is 2.70. The molecule has 2 aromatic rings. The fourth-order valence-corrected chi connectivity index (χ4v) is 3.41. The van der Waals surface area contributed by atoms with Gasteiger partial charge in [0.05, 0.1) is 7.11 Å². The minimum atomic E-state index is -0.156. The summed E-state index contributed by atoms with van der Waals surface area (Å²) in [5, 5.41) is 1.78. The average Bonchev–Trinajstić information content (AvgIpc) is 2.31. The Labute approximate surface area is 109 Å². The highest BCUT2D eigenvalue weighted by molar-refractivity contribution is 7.55. The molecule has 2 aromatic carbocycles. The molecule has 94 valence electrons. The fourth-order valence-electron chi connectivity index (χ4n) is 2.03. The molecule has 3 heteroatoms. The Morgan fingerprint density at radius 2 is 1.78 bits per heavy atom. The zero-order valence-corrected chi connectivity index (χ0v) is 11.8. The van der Waals surface area contributed by atoms with E-state index in [2.05, 4.69) is 12.1 Å². The molecule has 0 saturated heterocycles. The van der Waals surface area contributed by atoms with Gasteiger partial charge in [-0.05, 0) is 37.1 Å². The molecule has 0 N–H and O–H groups in total. The van der Waals surface area contributed by atoms with Crippen LogP contribution in [0.15, 0.2) is 36.4 Å². The highest BCUT2D eigenvalue weighted by Gasteiger charge is 2.10. The van der Waals surface area contributed by atoms with E-state index in [1.807, 2.05) is 26.0 Å². The van der Waals surface area contributed by atoms with Gasteiger partial charge in [0.2, 0.25) is 0 Å². The van der Waals surface area contributed by atoms with Gasteiger partial charge in [0.15, 0.2) is 0 Å². The van der Waals surface area contributed by atoms with Crippen molar-refractivity contribution in [2.45, 2.75) is 13.8 Å². The highest BCUT2D eigenvalue weighted by Crippen LogP contribution is 2.25. The average molecular weight is 262 g/mol. The lowest BCUT2D eigenvalue weighted by Crippen LogP contribution is -2.11. The van der Waals surface area contributed by atoms with Crippen LogP contribution in [0.3, 0.4) is 0 Å². The molecule has 0 spiro atoms. The third-order valence-corrected chi connectivity index (χ3v) is 4.08. The van der Waals surface area contributed by atoms with Crippen molar-refractivity contribution in [1.29, 1.82) is 0 Å². The molecule has 18 heavy (non-hydrogen) atoms. The third-order valence-electron chi connectivity index (χ3n) is 2.77. The summed E-state index contributed by atoms with van der Waals surface area (Å²) in [6.45, 7) is 4.06. The summed E-state index contributed by atoms with van der Waals surface area (Å²) in [6, 6.07) is 11.0. The van der Waals surface area contributed by atoms with Gasteiger partial charge in [-0.1, -0.05) is 32.8 Å². The molecule has 0 fully saturated rings. The van der Waals surface area contributed by atoms with Crippen LogP contribution in [0.1, 0.15) is 11.1 Å². The summed E-state index contributed by atoms with van der Waals surface area (Å²) in [4.78, 5) is 0. The molecule has 0 aliphatic rings. The van der Waals surface area contributed by atoms with E-state index >= 15 is 0 Å². The molecule has 0 heterocycles. The Hall–Kier alpha value is -1.40. The summed E-state index contributed by atoms with van der Waals surface area (Å²) in [5.74, 6) is 0.708. The highest BCUT2D eigenvalue weighted by atomic mass is 31.1. The first-order valence-corrected chi connectivity index (χ1v) is 6.78. The lowest BCUT2D eigenvalue weighted by molar-refractivity contribution is 0.415. The van der Waals surface area contributed by atoms with Crippen LogP contribution < -0.4 is 15.3 Å². The molecule has 0 aliphatic heterocycles. The van der Waals surface area contributed by atoms with Crippen molar-refractivity contribution in [1.82, 2.24) is 0 Å². The van der Waals surface area contributed by atoms with E-state index in [1.165, 1.54) is 11.6 Å². The fraction of sp³-hybridized carbons (Fsp3) is 0.200. The number of methoxy groups -OCH3 is 1. The molecule has 2 rings (SSSR count). The molecule has 0 radical (unpaired) electrons. The summed E-state index contributed by atoms with van der Waals surface area (Å²) in [5.41, 5.74) is 2.27. The number of ether oxygens (including phenoxy) is 1. The van der Waals surface area contributed by atoms with Gasteiger partial charge >= 0.3 is 0 Å². The van der Waals surface area contributed by atoms with Crippen molar-refractivity contribution in [2.24, 2.45) is 0 Å². The molecule has 1 unspecified atom stereocenters. The first-order chi connectivity index (χ1) is 8.61. The second kappa shape index (κ2) is 5.49. The first kappa shape index (κ1) is 13.0. The van der Waals surface area contributed by atoms with Crippen LogP contribution in [-0.2, 0) is 0 Å². The molecular weight excluding hydrogens is 246 g/mol. The summed E-state index contributed by atoms with van der Waals surface area (Å²) in [6.07, 6.45) is 0. The smallest absolute Gasteiger partial charge is 0.130 e. The molecule has 0 saturated carbocycles. The van der Waals surface area contributed by atoms with Crippen molar-refractivity contribution in [3.8, 4) is 5.75 Å². The van der Waals surface area contributed by atoms with Crippen molar-refractivity contribution < 1.29 is 9.13 Å². The van der Waals surface area contributed by atoms with Crippen LogP contribution in [0.25, 0.3) is 0 Å². The molecule has 0 amide bonds. The van der Waals surface area contributed by atoms with Gasteiger partial charge in [0.1, 0.15) is 11.6 Å². The Morgan fingerprint density at radius 1 is 1.06 bits per heavy atom. The molecule has 1 atom stereocenters. The van der Waals surface area contributed by atoms with Crippen molar-refractivity contribution in [3.63, 3.8) is 0 Å². The van der Waals surface area contributed by atoms with Crippen LogP contribution in [0.5, 0.6) is 5.75 Å². The van der Waals surface area contributed by atoms with Crippen LogP contribution >= 0.6 is 8.58 Å². The van der Waals surface area contributed by atoms with Crippen LogP contribution in [0.4, 0.5) is 4.39 Å². The molecule has 0 aliphatic carbocycles. The Morgan fingerprint density at radius 3 is 2.44 bits per heavy atom. The van der Waals surface area contributed by atoms with E-state index in [1.54, 1.807) is 13.2 Å². The van der Waals surface area contributed by atoms with Gasteiger partial charge < -0.3 is 4.74 Å². The SMILES string of the molecule is COc1c(C)cc(C)cc1Pc1ccccc1F. The maximum Gasteiger partial charge on any atom is 0.130 e. The van der Waals surface area contributed by atoms with E-state index in [4.69, 9.17) is 4.74 Å². The number of aryl methyl sites for hydroxylation is 2. The van der Waals surface area contributed by atoms with E-state index in [0.29, 0.717) is 0 Å². The molecule has 1 nitrogen and oxygen atoms in total. The van der Waals surface area contributed by atoms with Gasteiger partial charge in [-0.25, -0.2) is 4.39 Å². The number of hydrogen-bond acceptors (Lipinski definition) is 1. The van der Waals surface area contributed by atoms with Gasteiger partial charge in [0, 0.05) is 10.6 Å². The Balaban J connectivity index is 2.43. The Kier molecular flexibility index (Phi) is 3.98. The predicted octanol–water partition coefficient (Wildman–Crippen LogP) is 3.08. The van der Waals surface area contributed by atoms with Crippen molar-refractivity contribution in [2.75, 3.05) is 7.11 Å². The zero-order valence-electron chi connectivity index (χ0n) is 10.8. The van der Waals surface area contributed by atoms with Crippen LogP contribution in [0, 0.1) is 19.7 Å². The minimum absolute atomic E-state index is 0.156. The lowest BCUT2D eigenvalue weighted by atomic mass is 10.1. The van der Waals surface area contributed by atoms with Gasteiger partial charge in [-0.2, -0.15) is 0 Å². The number of halogens is 1. The topological polar surface area (TPSA) is 9.23 Å². The minimum Gasteiger partial charge on any atom is -0.496 e. The second-order valence-electron chi connectivity index (χ2n) is 4.27. The monoisotopic (exact) mass is 262 g/mol. The quantitative estimate of drug-likeness (QED) is 0.772. The number of benzene rings is 2. The van der Waals surface area contributed by atoms with E-state index in [9.17, 15) is 4.39 Å². The van der Waals surface area contributed by atoms with Crippen LogP contribution in [0.2, 0.25) is 0 Å². The predicted molar refractivity (Wildman–Crippen MR) is 76.5 cm³/mol. The maximum absolute atomic E-state index is 13.7. The molecule has 0 aromatic heterocycles. The van der Waals surface area contributed by atoms with E-state index < -0.39 is 0 Å². The summed E-state index contributed by atoms with van der Waals surface area (Å²) < 4.78 is 19.1. The second-order valence-corrected chi connectivity index (χ2v) is 5.59. The van der Waals surface area contributed by atoms with Crippen molar-refractivity contribution >= 4 is 19.2 Å². The van der Waals surface area contributed by atoms with Gasteiger partial charge in [0.25, 0.3) is 0 Å². The number of hydrogen-bond donors (Lipinski definition) is 0. The molecule has 0 bridgehead atoms. The normalized spacial score (nSPS) is 11.1. The standard InChI is InChI=1S/C15H16FOP/c1-10-8-11(2)15(17-3)14(9-10)18-13-7-5-4-6-12(13)16/h4-9,18H,1-3H3. The van der Waals surface area contributed by atoms with E-state index in [0.717, 1.165) is 21.9 Å². The van der Waals surface area contributed by atoms with Gasteiger partial charge in [-0.15, -0.1) is 0 Å². The zero-order chi connectivity index (χ0) is 13.1. The van der Waals surface area contributed by atoms with Crippen molar-refractivity contribution in [3.05, 3.63) is 53.3 Å². The number of rotatable bonds is 3.